The van der Waals surface area contributed by atoms with Crippen molar-refractivity contribution in [2.75, 3.05) is 19.7 Å². The maximum Gasteiger partial charge on any atom is 0.335 e. The highest BCUT2D eigenvalue weighted by molar-refractivity contribution is 6.00. The number of rotatable bonds is 3. The Morgan fingerprint density at radius 1 is 1.29 bits per heavy atom. The Labute approximate surface area is 123 Å². The normalized spacial score (nSPS) is 22.1. The van der Waals surface area contributed by atoms with Crippen LogP contribution in [0.25, 0.3) is 0 Å². The summed E-state index contributed by atoms with van der Waals surface area (Å²) >= 11 is 0. The lowest BCUT2D eigenvalue weighted by Gasteiger charge is -2.31. The lowest BCUT2D eigenvalue weighted by atomic mass is 9.96. The highest BCUT2D eigenvalue weighted by Crippen LogP contribution is 2.43. The first kappa shape index (κ1) is 14.1. The third-order valence-corrected chi connectivity index (χ3v) is 4.08. The Morgan fingerprint density at radius 2 is 2.00 bits per heavy atom. The molecule has 21 heavy (non-hydrogen) atoms. The molecule has 1 amide bonds. The van der Waals surface area contributed by atoms with Gasteiger partial charge in [-0.3, -0.25) is 4.79 Å². The maximum atomic E-state index is 12.8. The van der Waals surface area contributed by atoms with Gasteiger partial charge in [-0.25, -0.2) is 4.79 Å². The van der Waals surface area contributed by atoms with E-state index in [0.29, 0.717) is 30.8 Å². The first-order chi connectivity index (χ1) is 10.1. The number of carboxylic acid groups (broad SMARTS) is 1. The first-order valence-corrected chi connectivity index (χ1v) is 7.35. The van der Waals surface area contributed by atoms with E-state index < -0.39 is 5.97 Å². The predicted octanol–water partition coefficient (Wildman–Crippen LogP) is 2.12. The van der Waals surface area contributed by atoms with Crippen LogP contribution in [0.5, 0.6) is 0 Å². The molecule has 0 aromatic heterocycles. The summed E-state index contributed by atoms with van der Waals surface area (Å²) in [7, 11) is 0. The molecule has 112 valence electrons. The van der Waals surface area contributed by atoms with E-state index in [2.05, 4.69) is 0 Å². The van der Waals surface area contributed by atoms with Crippen LogP contribution in [0, 0.1) is 0 Å². The standard InChI is InChI=1S/C16H19NO4/c1-10-9-17(7-8-21-10)15(18)12-3-2-4-13(16(19)20)14(12)11-5-6-11/h2-4,10-11H,5-9H2,1H3,(H,19,20). The molecular weight excluding hydrogens is 270 g/mol. The van der Waals surface area contributed by atoms with Crippen molar-refractivity contribution in [2.45, 2.75) is 31.8 Å². The molecule has 1 aromatic carbocycles. The van der Waals surface area contributed by atoms with Crippen molar-refractivity contribution >= 4 is 11.9 Å². The minimum absolute atomic E-state index is 0.0229. The molecule has 3 rings (SSSR count). The fourth-order valence-electron chi connectivity index (χ4n) is 2.92. The van der Waals surface area contributed by atoms with Crippen molar-refractivity contribution in [3.63, 3.8) is 0 Å². The van der Waals surface area contributed by atoms with E-state index in [4.69, 9.17) is 4.74 Å². The van der Waals surface area contributed by atoms with Crippen LogP contribution in [0.4, 0.5) is 0 Å². The van der Waals surface area contributed by atoms with E-state index in [1.54, 1.807) is 23.1 Å². The van der Waals surface area contributed by atoms with Gasteiger partial charge in [0.2, 0.25) is 0 Å². The highest BCUT2D eigenvalue weighted by atomic mass is 16.5. The lowest BCUT2D eigenvalue weighted by Crippen LogP contribution is -2.44. The average molecular weight is 289 g/mol. The number of hydrogen-bond acceptors (Lipinski definition) is 3. The van der Waals surface area contributed by atoms with Gasteiger partial charge in [-0.15, -0.1) is 0 Å². The summed E-state index contributed by atoms with van der Waals surface area (Å²) in [6, 6.07) is 5.00. The molecule has 1 aliphatic heterocycles. The molecule has 0 radical (unpaired) electrons. The van der Waals surface area contributed by atoms with E-state index in [9.17, 15) is 14.7 Å². The van der Waals surface area contributed by atoms with Crippen molar-refractivity contribution in [3.05, 3.63) is 34.9 Å². The average Bonchev–Trinajstić information content (AvgIpc) is 3.30. The third-order valence-electron chi connectivity index (χ3n) is 4.08. The van der Waals surface area contributed by atoms with Crippen molar-refractivity contribution in [1.29, 1.82) is 0 Å². The molecule has 1 saturated carbocycles. The number of amides is 1. The summed E-state index contributed by atoms with van der Waals surface area (Å²) in [5, 5.41) is 9.36. The number of morpholine rings is 1. The van der Waals surface area contributed by atoms with E-state index in [-0.39, 0.29) is 23.5 Å². The van der Waals surface area contributed by atoms with Crippen LogP contribution in [0.2, 0.25) is 0 Å². The second-order valence-electron chi connectivity index (χ2n) is 5.78. The van der Waals surface area contributed by atoms with Gasteiger partial charge in [0.25, 0.3) is 5.91 Å². The maximum absolute atomic E-state index is 12.8. The smallest absolute Gasteiger partial charge is 0.335 e. The van der Waals surface area contributed by atoms with Crippen molar-refractivity contribution in [3.8, 4) is 0 Å². The van der Waals surface area contributed by atoms with Crippen molar-refractivity contribution in [2.24, 2.45) is 0 Å². The molecule has 1 unspecified atom stereocenters. The number of nitrogens with zero attached hydrogens (tertiary/aromatic N) is 1. The van der Waals surface area contributed by atoms with Crippen molar-refractivity contribution < 1.29 is 19.4 Å². The summed E-state index contributed by atoms with van der Waals surface area (Å²) < 4.78 is 5.46. The zero-order valence-electron chi connectivity index (χ0n) is 12.0. The van der Waals surface area contributed by atoms with Crippen LogP contribution >= 0.6 is 0 Å². The monoisotopic (exact) mass is 289 g/mol. The number of carbonyl (C=O) groups is 2. The molecule has 1 aliphatic carbocycles. The van der Waals surface area contributed by atoms with Gasteiger partial charge >= 0.3 is 5.97 Å². The largest absolute Gasteiger partial charge is 0.478 e. The Balaban J connectivity index is 1.95. The van der Waals surface area contributed by atoms with E-state index in [1.165, 1.54) is 0 Å². The quantitative estimate of drug-likeness (QED) is 0.925. The molecule has 1 N–H and O–H groups in total. The molecule has 0 spiro atoms. The molecule has 1 aromatic rings. The van der Waals surface area contributed by atoms with Gasteiger partial charge in [-0.05, 0) is 43.4 Å². The van der Waals surface area contributed by atoms with Gasteiger partial charge in [0.15, 0.2) is 0 Å². The van der Waals surface area contributed by atoms with Crippen molar-refractivity contribution in [1.82, 2.24) is 4.90 Å². The number of carbonyl (C=O) groups excluding carboxylic acids is 1. The van der Waals surface area contributed by atoms with Crippen LogP contribution in [0.15, 0.2) is 18.2 Å². The predicted molar refractivity (Wildman–Crippen MR) is 76.7 cm³/mol. The van der Waals surface area contributed by atoms with Crippen LogP contribution in [-0.2, 0) is 4.74 Å². The zero-order valence-corrected chi connectivity index (χ0v) is 12.0. The Morgan fingerprint density at radius 3 is 2.62 bits per heavy atom. The number of ether oxygens (including phenoxy) is 1. The fourth-order valence-corrected chi connectivity index (χ4v) is 2.92. The van der Waals surface area contributed by atoms with Gasteiger partial charge in [0.1, 0.15) is 0 Å². The molecule has 0 bridgehead atoms. The summed E-state index contributed by atoms with van der Waals surface area (Å²) in [5.41, 5.74) is 1.53. The number of benzene rings is 1. The highest BCUT2D eigenvalue weighted by Gasteiger charge is 2.34. The molecule has 5 heteroatoms. The number of aromatic carboxylic acids is 1. The first-order valence-electron chi connectivity index (χ1n) is 7.35. The Bertz CT molecular complexity index is 580. The summed E-state index contributed by atoms with van der Waals surface area (Å²) in [6.07, 6.45) is 1.95. The second kappa shape index (κ2) is 5.48. The SMILES string of the molecule is CC1CN(C(=O)c2cccc(C(=O)O)c2C2CC2)CCO1. The third kappa shape index (κ3) is 2.78. The minimum Gasteiger partial charge on any atom is -0.478 e. The molecule has 2 aliphatic rings. The zero-order chi connectivity index (χ0) is 15.0. The van der Waals surface area contributed by atoms with Crippen LogP contribution < -0.4 is 0 Å². The molecule has 1 saturated heterocycles. The molecule has 1 heterocycles. The number of hydrogen-bond donors (Lipinski definition) is 1. The molecule has 5 nitrogen and oxygen atoms in total. The van der Waals surface area contributed by atoms with E-state index in [1.807, 2.05) is 6.92 Å². The van der Waals surface area contributed by atoms with Gasteiger partial charge < -0.3 is 14.7 Å². The molecular formula is C16H19NO4. The lowest BCUT2D eigenvalue weighted by molar-refractivity contribution is -0.0124. The van der Waals surface area contributed by atoms with Gasteiger partial charge in [0, 0.05) is 18.7 Å². The Hall–Kier alpha value is -1.88. The summed E-state index contributed by atoms with van der Waals surface area (Å²) in [5.74, 6) is -0.813. The fraction of sp³-hybridized carbons (Fsp3) is 0.500. The van der Waals surface area contributed by atoms with Crippen LogP contribution in [0.1, 0.15) is 52.0 Å². The molecule has 1 atom stereocenters. The minimum atomic E-state index is -0.957. The summed E-state index contributed by atoms with van der Waals surface area (Å²) in [6.45, 7) is 3.59. The van der Waals surface area contributed by atoms with Gasteiger partial charge in [-0.1, -0.05) is 6.07 Å². The number of carboxylic acids is 1. The van der Waals surface area contributed by atoms with Crippen LogP contribution in [-0.4, -0.2) is 47.7 Å². The van der Waals surface area contributed by atoms with E-state index >= 15 is 0 Å². The van der Waals surface area contributed by atoms with Gasteiger partial charge in [0.05, 0.1) is 18.3 Å². The van der Waals surface area contributed by atoms with Gasteiger partial charge in [-0.2, -0.15) is 0 Å². The summed E-state index contributed by atoms with van der Waals surface area (Å²) in [4.78, 5) is 25.9. The van der Waals surface area contributed by atoms with E-state index in [0.717, 1.165) is 12.8 Å². The molecule has 2 fully saturated rings. The second-order valence-corrected chi connectivity index (χ2v) is 5.78. The Kier molecular flexibility index (Phi) is 3.68. The van der Waals surface area contributed by atoms with Crippen LogP contribution in [0.3, 0.4) is 0 Å². The topological polar surface area (TPSA) is 66.8 Å².